The summed E-state index contributed by atoms with van der Waals surface area (Å²) in [7, 11) is 1.50. The van der Waals surface area contributed by atoms with Crippen LogP contribution in [0.5, 0.6) is 11.5 Å². The van der Waals surface area contributed by atoms with Gasteiger partial charge in [0.25, 0.3) is 5.91 Å². The zero-order chi connectivity index (χ0) is 25.1. The fourth-order valence-electron chi connectivity index (χ4n) is 3.74. The smallest absolute Gasteiger partial charge is 0.302 e. The molecule has 1 aromatic heterocycles. The number of nitrogens with one attached hydrogen (secondary N) is 1. The van der Waals surface area contributed by atoms with Gasteiger partial charge in [-0.2, -0.15) is 5.10 Å². The molecule has 2 amide bonds. The van der Waals surface area contributed by atoms with Crippen molar-refractivity contribution in [1.29, 1.82) is 0 Å². The molecule has 1 aliphatic heterocycles. The topological polar surface area (TPSA) is 104 Å². The van der Waals surface area contributed by atoms with Gasteiger partial charge in [-0.05, 0) is 56.2 Å². The van der Waals surface area contributed by atoms with Gasteiger partial charge in [0.15, 0.2) is 11.5 Å². The number of rotatable bonds is 7. The summed E-state index contributed by atoms with van der Waals surface area (Å²) < 4.78 is 5.13. The van der Waals surface area contributed by atoms with Crippen molar-refractivity contribution in [2.24, 2.45) is 5.10 Å². The van der Waals surface area contributed by atoms with Crippen LogP contribution in [0.25, 0.3) is 0 Å². The number of aromatic hydroxyl groups is 1. The highest BCUT2D eigenvalue weighted by molar-refractivity contribution is 8.14. The van der Waals surface area contributed by atoms with Crippen LogP contribution in [0.3, 0.4) is 0 Å². The largest absolute Gasteiger partial charge is 0.504 e. The Morgan fingerprint density at radius 1 is 1.20 bits per heavy atom. The minimum absolute atomic E-state index is 0.0253. The predicted octanol–water partition coefficient (Wildman–Crippen LogP) is 5.58. The fourth-order valence-corrected chi connectivity index (χ4v) is 5.49. The molecule has 10 heteroatoms. The average molecular weight is 511 g/mol. The van der Waals surface area contributed by atoms with E-state index in [2.05, 4.69) is 15.4 Å². The normalized spacial score (nSPS) is 15.7. The van der Waals surface area contributed by atoms with Crippen LogP contribution in [0.15, 0.2) is 47.6 Å². The Kier molecular flexibility index (Phi) is 7.42. The van der Waals surface area contributed by atoms with E-state index in [9.17, 15) is 14.7 Å². The molecule has 2 aromatic carbocycles. The number of nitrogens with zero attached hydrogens (tertiary/aromatic N) is 3. The number of ether oxygens (including phenoxy) is 1. The van der Waals surface area contributed by atoms with Crippen LogP contribution in [-0.4, -0.2) is 44.3 Å². The maximum Gasteiger partial charge on any atom is 0.302 e. The molecule has 2 heterocycles. The SMILES string of the molecule is CCC1SC(=O)N(Cc2ccc(NC(=O)c3sc(C)nc3C)cc2)N=C1c1ccc(OC)c(O)c1. The third kappa shape index (κ3) is 5.49. The van der Waals surface area contributed by atoms with Crippen LogP contribution in [0.1, 0.15) is 44.8 Å². The van der Waals surface area contributed by atoms with Crippen molar-refractivity contribution in [3.63, 3.8) is 0 Å². The zero-order valence-electron chi connectivity index (χ0n) is 19.9. The summed E-state index contributed by atoms with van der Waals surface area (Å²) in [5.74, 6) is 0.218. The third-order valence-electron chi connectivity index (χ3n) is 5.49. The van der Waals surface area contributed by atoms with Gasteiger partial charge < -0.3 is 15.2 Å². The van der Waals surface area contributed by atoms with Crippen LogP contribution in [0.2, 0.25) is 0 Å². The van der Waals surface area contributed by atoms with Gasteiger partial charge in [0.1, 0.15) is 4.88 Å². The van der Waals surface area contributed by atoms with E-state index in [1.54, 1.807) is 24.3 Å². The van der Waals surface area contributed by atoms with Gasteiger partial charge >= 0.3 is 5.24 Å². The predicted molar refractivity (Wildman–Crippen MR) is 140 cm³/mol. The number of carbonyl (C=O) groups is 2. The third-order valence-corrected chi connectivity index (χ3v) is 7.81. The van der Waals surface area contributed by atoms with Gasteiger partial charge in [0.2, 0.25) is 0 Å². The lowest BCUT2D eigenvalue weighted by molar-refractivity contribution is 0.102. The summed E-state index contributed by atoms with van der Waals surface area (Å²) in [6.45, 7) is 5.98. The highest BCUT2D eigenvalue weighted by Gasteiger charge is 2.30. The molecule has 182 valence electrons. The summed E-state index contributed by atoms with van der Waals surface area (Å²) in [4.78, 5) is 30.2. The number of methoxy groups -OCH3 is 1. The average Bonchev–Trinajstić information content (AvgIpc) is 3.19. The van der Waals surface area contributed by atoms with Gasteiger partial charge in [-0.25, -0.2) is 9.99 Å². The molecule has 1 aliphatic rings. The number of benzene rings is 2. The molecule has 0 aliphatic carbocycles. The maximum absolute atomic E-state index is 12.8. The Morgan fingerprint density at radius 3 is 2.54 bits per heavy atom. The van der Waals surface area contributed by atoms with Crippen molar-refractivity contribution >= 4 is 45.6 Å². The number of thiazole rings is 1. The first-order chi connectivity index (χ1) is 16.8. The van der Waals surface area contributed by atoms with E-state index in [-0.39, 0.29) is 28.7 Å². The van der Waals surface area contributed by atoms with E-state index in [0.717, 1.165) is 28.3 Å². The maximum atomic E-state index is 12.8. The highest BCUT2D eigenvalue weighted by atomic mass is 32.2. The number of phenolic OH excluding ortho intramolecular Hbond substituents is 1. The molecule has 0 spiro atoms. The summed E-state index contributed by atoms with van der Waals surface area (Å²) in [5, 5.41) is 19.8. The van der Waals surface area contributed by atoms with E-state index in [1.165, 1.54) is 35.2 Å². The number of carbonyl (C=O) groups excluding carboxylic acids is 2. The lowest BCUT2D eigenvalue weighted by Gasteiger charge is -2.28. The Hall–Kier alpha value is -3.37. The number of amides is 2. The van der Waals surface area contributed by atoms with E-state index in [4.69, 9.17) is 4.74 Å². The number of hydrogen-bond acceptors (Lipinski definition) is 8. The minimum Gasteiger partial charge on any atom is -0.504 e. The standard InChI is InChI=1S/C25H26N4O4S2/c1-5-21-22(17-8-11-20(33-4)19(30)12-17)28-29(25(32)35-21)13-16-6-9-18(10-7-16)27-24(31)23-14(2)26-15(3)34-23/h6-12,21,30H,5,13H2,1-4H3,(H,27,31). The van der Waals surface area contributed by atoms with Gasteiger partial charge in [0, 0.05) is 11.3 Å². The first-order valence-electron chi connectivity index (χ1n) is 11.1. The number of hydrazone groups is 1. The lowest BCUT2D eigenvalue weighted by Crippen LogP contribution is -2.34. The first-order valence-corrected chi connectivity index (χ1v) is 12.8. The number of aryl methyl sites for hydroxylation is 2. The number of anilines is 1. The van der Waals surface area contributed by atoms with Crippen molar-refractivity contribution in [3.05, 3.63) is 69.2 Å². The van der Waals surface area contributed by atoms with Crippen LogP contribution in [-0.2, 0) is 6.54 Å². The molecule has 0 radical (unpaired) electrons. The van der Waals surface area contributed by atoms with Gasteiger partial charge in [-0.15, -0.1) is 11.3 Å². The van der Waals surface area contributed by atoms with Crippen molar-refractivity contribution < 1.29 is 19.4 Å². The molecule has 1 unspecified atom stereocenters. The minimum atomic E-state index is -0.189. The molecular formula is C25H26N4O4S2. The Bertz CT molecular complexity index is 1290. The Balaban J connectivity index is 1.51. The van der Waals surface area contributed by atoms with Crippen LogP contribution in [0.4, 0.5) is 10.5 Å². The van der Waals surface area contributed by atoms with Crippen molar-refractivity contribution in [2.75, 3.05) is 12.4 Å². The summed E-state index contributed by atoms with van der Waals surface area (Å²) in [5.41, 5.74) is 3.72. The van der Waals surface area contributed by atoms with Gasteiger partial charge in [-0.1, -0.05) is 30.8 Å². The molecule has 0 saturated heterocycles. The van der Waals surface area contributed by atoms with Gasteiger partial charge in [0.05, 0.1) is 35.3 Å². The summed E-state index contributed by atoms with van der Waals surface area (Å²) >= 11 is 2.59. The Labute approximate surface area is 212 Å². The number of thioether (sulfide) groups is 1. The van der Waals surface area contributed by atoms with E-state index in [0.29, 0.717) is 22.0 Å². The molecule has 2 N–H and O–H groups in total. The van der Waals surface area contributed by atoms with Crippen LogP contribution >= 0.6 is 23.1 Å². The monoisotopic (exact) mass is 510 g/mol. The number of aromatic nitrogens is 1. The Morgan fingerprint density at radius 2 is 1.94 bits per heavy atom. The van der Waals surface area contributed by atoms with Gasteiger partial charge in [-0.3, -0.25) is 9.59 Å². The molecule has 0 bridgehead atoms. The molecule has 8 nitrogen and oxygen atoms in total. The second-order valence-corrected chi connectivity index (χ2v) is 10.4. The summed E-state index contributed by atoms with van der Waals surface area (Å²) in [6, 6.07) is 12.5. The molecule has 0 saturated carbocycles. The molecular weight excluding hydrogens is 484 g/mol. The molecule has 0 fully saturated rings. The van der Waals surface area contributed by atoms with Crippen molar-refractivity contribution in [1.82, 2.24) is 9.99 Å². The summed E-state index contributed by atoms with van der Waals surface area (Å²) in [6.07, 6.45) is 0.725. The molecule has 3 aromatic rings. The van der Waals surface area contributed by atoms with Crippen molar-refractivity contribution in [2.45, 2.75) is 39.0 Å². The van der Waals surface area contributed by atoms with E-state index in [1.807, 2.05) is 39.0 Å². The van der Waals surface area contributed by atoms with Crippen LogP contribution < -0.4 is 10.1 Å². The number of hydrogen-bond donors (Lipinski definition) is 2. The van der Waals surface area contributed by atoms with Crippen molar-refractivity contribution in [3.8, 4) is 11.5 Å². The highest BCUT2D eigenvalue weighted by Crippen LogP contribution is 2.33. The molecule has 1 atom stereocenters. The fraction of sp³-hybridized carbons (Fsp3) is 0.280. The lowest BCUT2D eigenvalue weighted by atomic mass is 10.0. The quantitative estimate of drug-likeness (QED) is 0.430. The second-order valence-electron chi connectivity index (χ2n) is 8.01. The van der Waals surface area contributed by atoms with E-state index < -0.39 is 0 Å². The molecule has 35 heavy (non-hydrogen) atoms. The molecule has 4 rings (SSSR count). The zero-order valence-corrected chi connectivity index (χ0v) is 21.5. The number of phenols is 1. The van der Waals surface area contributed by atoms with E-state index >= 15 is 0 Å². The second kappa shape index (κ2) is 10.5. The first kappa shape index (κ1) is 24.7. The van der Waals surface area contributed by atoms with Crippen LogP contribution in [0, 0.1) is 13.8 Å².